The van der Waals surface area contributed by atoms with Crippen LogP contribution in [-0.4, -0.2) is 29.6 Å². The smallest absolute Gasteiger partial charge is 0.116 e. The molecule has 2 saturated heterocycles. The fraction of sp³-hybridized carbons (Fsp3) is 1.00. The molecule has 0 radical (unpaired) electrons. The average molecular weight is 100 g/mol. The maximum Gasteiger partial charge on any atom is 0.116 e. The van der Waals surface area contributed by atoms with Crippen molar-refractivity contribution in [2.24, 2.45) is 0 Å². The molecule has 2 atom stereocenters. The summed E-state index contributed by atoms with van der Waals surface area (Å²) < 4.78 is 5.03. The Hall–Kier alpha value is -0.120. The molecule has 40 valence electrons. The highest BCUT2D eigenvalue weighted by molar-refractivity contribution is 4.77. The number of hydrogen-bond acceptors (Lipinski definition) is 3. The van der Waals surface area contributed by atoms with E-state index in [1.807, 2.05) is 0 Å². The Morgan fingerprint density at radius 2 is 2.00 bits per heavy atom. The molecule has 3 nitrogen and oxygen atoms in total. The van der Waals surface area contributed by atoms with Gasteiger partial charge in [0.05, 0.1) is 6.17 Å². The maximum absolute atomic E-state index is 5.03. The van der Waals surface area contributed by atoms with Crippen LogP contribution in [0.4, 0.5) is 0 Å². The van der Waals surface area contributed by atoms with Crippen molar-refractivity contribution in [3.63, 3.8) is 0 Å². The summed E-state index contributed by atoms with van der Waals surface area (Å²) in [4.78, 5) is 0. The molecule has 2 heterocycles. The molecule has 0 aromatic carbocycles. The van der Waals surface area contributed by atoms with E-state index in [-0.39, 0.29) is 0 Å². The summed E-state index contributed by atoms with van der Waals surface area (Å²) in [5, 5.41) is 4.36. The third kappa shape index (κ3) is 0.351. The lowest BCUT2D eigenvalue weighted by Crippen LogP contribution is -2.03. The first-order valence-corrected chi connectivity index (χ1v) is 2.50. The lowest BCUT2D eigenvalue weighted by atomic mass is 10.7. The highest BCUT2D eigenvalue weighted by Gasteiger charge is 2.45. The van der Waals surface area contributed by atoms with E-state index in [9.17, 15) is 0 Å². The third-order valence-electron chi connectivity index (χ3n) is 1.59. The number of hydrogen-bond donors (Lipinski definition) is 0. The average Bonchev–Trinajstić information content (AvgIpc) is 2.26. The number of ether oxygens (including phenoxy) is 1. The Labute approximate surface area is 42.4 Å². The van der Waals surface area contributed by atoms with Gasteiger partial charge >= 0.3 is 0 Å². The fourth-order valence-corrected chi connectivity index (χ4v) is 0.953. The van der Waals surface area contributed by atoms with Crippen molar-refractivity contribution in [3.05, 3.63) is 0 Å². The van der Waals surface area contributed by atoms with E-state index in [4.69, 9.17) is 4.74 Å². The van der Waals surface area contributed by atoms with Gasteiger partial charge in [0.15, 0.2) is 0 Å². The molecule has 0 aromatic heterocycles. The molecule has 0 aromatic rings. The van der Waals surface area contributed by atoms with E-state index in [2.05, 4.69) is 16.9 Å². The van der Waals surface area contributed by atoms with Gasteiger partial charge in [0.1, 0.15) is 13.5 Å². The molecule has 0 saturated carbocycles. The summed E-state index contributed by atoms with van der Waals surface area (Å²) in [5.41, 5.74) is 0. The van der Waals surface area contributed by atoms with Gasteiger partial charge in [0.2, 0.25) is 0 Å². The first-order chi connectivity index (χ1) is 3.39. The zero-order chi connectivity index (χ0) is 4.85. The van der Waals surface area contributed by atoms with Gasteiger partial charge in [-0.2, -0.15) is 10.0 Å². The van der Waals surface area contributed by atoms with E-state index < -0.39 is 0 Å². The molecule has 0 amide bonds. The second-order valence-corrected chi connectivity index (χ2v) is 1.97. The SMILES string of the molecule is CC1N2COCN12. The van der Waals surface area contributed by atoms with Gasteiger partial charge in [-0.3, -0.25) is 0 Å². The molecule has 2 unspecified atom stereocenters. The van der Waals surface area contributed by atoms with Crippen LogP contribution in [0.5, 0.6) is 0 Å². The van der Waals surface area contributed by atoms with Gasteiger partial charge in [-0.05, 0) is 6.92 Å². The lowest BCUT2D eigenvalue weighted by molar-refractivity contribution is 0.123. The van der Waals surface area contributed by atoms with E-state index in [0.717, 1.165) is 13.5 Å². The van der Waals surface area contributed by atoms with Crippen LogP contribution in [-0.2, 0) is 4.74 Å². The monoisotopic (exact) mass is 100 g/mol. The van der Waals surface area contributed by atoms with Crippen molar-refractivity contribution in [3.8, 4) is 0 Å². The molecule has 2 fully saturated rings. The number of rotatable bonds is 0. The second-order valence-electron chi connectivity index (χ2n) is 1.97. The Morgan fingerprint density at radius 3 is 2.29 bits per heavy atom. The van der Waals surface area contributed by atoms with Gasteiger partial charge in [-0.25, -0.2) is 0 Å². The summed E-state index contributed by atoms with van der Waals surface area (Å²) in [7, 11) is 0. The predicted octanol–water partition coefficient (Wildman–Crippen LogP) is -0.190. The molecule has 2 aliphatic heterocycles. The number of nitrogens with zero attached hydrogens (tertiary/aromatic N) is 2. The second kappa shape index (κ2) is 0.992. The number of fused-ring (bicyclic) bond motifs is 1. The molecular weight excluding hydrogens is 92.1 g/mol. The maximum atomic E-state index is 5.03. The van der Waals surface area contributed by atoms with Crippen molar-refractivity contribution < 1.29 is 4.74 Å². The zero-order valence-corrected chi connectivity index (χ0v) is 4.29. The summed E-state index contributed by atoms with van der Waals surface area (Å²) in [6.07, 6.45) is 0.661. The molecule has 3 heteroatoms. The van der Waals surface area contributed by atoms with Gasteiger partial charge < -0.3 is 4.74 Å². The first-order valence-electron chi connectivity index (χ1n) is 2.50. The van der Waals surface area contributed by atoms with E-state index >= 15 is 0 Å². The molecule has 2 aliphatic rings. The Kier molecular flexibility index (Phi) is 0.543. The van der Waals surface area contributed by atoms with Crippen molar-refractivity contribution in [1.29, 1.82) is 0 Å². The predicted molar refractivity (Wildman–Crippen MR) is 24.0 cm³/mol. The Balaban J connectivity index is 2.06. The van der Waals surface area contributed by atoms with Crippen LogP contribution in [0.25, 0.3) is 0 Å². The van der Waals surface area contributed by atoms with Crippen molar-refractivity contribution in [1.82, 2.24) is 10.0 Å². The standard InChI is InChI=1S/C4H8N2O/c1-4-5-2-7-3-6(4)5/h4H,2-3H2,1H3. The minimum absolute atomic E-state index is 0.661. The highest BCUT2D eigenvalue weighted by atomic mass is 16.6. The van der Waals surface area contributed by atoms with Crippen LogP contribution in [0.3, 0.4) is 0 Å². The highest BCUT2D eigenvalue weighted by Crippen LogP contribution is 2.29. The molecule has 0 N–H and O–H groups in total. The van der Waals surface area contributed by atoms with Crippen molar-refractivity contribution in [2.45, 2.75) is 13.1 Å². The van der Waals surface area contributed by atoms with Gasteiger partial charge in [-0.15, -0.1) is 0 Å². The van der Waals surface area contributed by atoms with E-state index in [1.54, 1.807) is 0 Å². The summed E-state index contributed by atoms with van der Waals surface area (Å²) in [5.74, 6) is 0. The third-order valence-corrected chi connectivity index (χ3v) is 1.59. The molecule has 2 rings (SSSR count). The van der Waals surface area contributed by atoms with E-state index in [1.165, 1.54) is 0 Å². The zero-order valence-electron chi connectivity index (χ0n) is 4.29. The van der Waals surface area contributed by atoms with Crippen LogP contribution in [0.2, 0.25) is 0 Å². The van der Waals surface area contributed by atoms with Crippen molar-refractivity contribution >= 4 is 0 Å². The van der Waals surface area contributed by atoms with Gasteiger partial charge in [0.25, 0.3) is 0 Å². The largest absolute Gasteiger partial charge is 0.348 e. The lowest BCUT2D eigenvalue weighted by Gasteiger charge is -1.91. The minimum atomic E-state index is 0.661. The Morgan fingerprint density at radius 1 is 1.43 bits per heavy atom. The quantitative estimate of drug-likeness (QED) is 0.392. The minimum Gasteiger partial charge on any atom is -0.348 e. The summed E-state index contributed by atoms with van der Waals surface area (Å²) >= 11 is 0. The van der Waals surface area contributed by atoms with Crippen LogP contribution in [0, 0.1) is 0 Å². The topological polar surface area (TPSA) is 15.2 Å². The van der Waals surface area contributed by atoms with Crippen molar-refractivity contribution in [2.75, 3.05) is 13.5 Å². The molecule has 0 aliphatic carbocycles. The van der Waals surface area contributed by atoms with Gasteiger partial charge in [0, 0.05) is 0 Å². The number of hydrazine groups is 1. The van der Waals surface area contributed by atoms with Crippen LogP contribution < -0.4 is 0 Å². The van der Waals surface area contributed by atoms with Gasteiger partial charge in [-0.1, -0.05) is 0 Å². The molecule has 7 heavy (non-hydrogen) atoms. The molecular formula is C4H8N2O. The normalized spacial score (nSPS) is 57.0. The van der Waals surface area contributed by atoms with Crippen LogP contribution in [0.15, 0.2) is 0 Å². The summed E-state index contributed by atoms with van der Waals surface area (Å²) in [6.45, 7) is 3.78. The molecule has 0 bridgehead atoms. The van der Waals surface area contributed by atoms with E-state index in [0.29, 0.717) is 6.17 Å². The first kappa shape index (κ1) is 3.83. The van der Waals surface area contributed by atoms with Crippen LogP contribution in [0.1, 0.15) is 6.92 Å². The Bertz CT molecular complexity index is 85.7. The van der Waals surface area contributed by atoms with Crippen LogP contribution >= 0.6 is 0 Å². The summed E-state index contributed by atoms with van der Waals surface area (Å²) in [6, 6.07) is 0. The fourth-order valence-electron chi connectivity index (χ4n) is 0.953. The molecule has 0 spiro atoms.